The van der Waals surface area contributed by atoms with Crippen LogP contribution in [0.2, 0.25) is 0 Å². The maximum Gasteiger partial charge on any atom is 0.281 e. The first-order chi connectivity index (χ1) is 12.0. The number of likely N-dealkylation sites (tertiary alicyclic amines) is 1. The Bertz CT molecular complexity index is 850. The number of nitrogens with one attached hydrogen (secondary N) is 1. The Morgan fingerprint density at radius 2 is 2.12 bits per heavy atom. The van der Waals surface area contributed by atoms with Crippen LogP contribution in [0.15, 0.2) is 4.79 Å². The molecule has 0 spiro atoms. The fourth-order valence-corrected chi connectivity index (χ4v) is 3.53. The monoisotopic (exact) mass is 344 g/mol. The van der Waals surface area contributed by atoms with E-state index >= 15 is 0 Å². The highest BCUT2D eigenvalue weighted by Crippen LogP contribution is 2.32. The molecule has 134 valence electrons. The molecule has 0 aromatic carbocycles. The molecular formula is C17H24N6O2. The zero-order valence-corrected chi connectivity index (χ0v) is 14.7. The van der Waals surface area contributed by atoms with Crippen molar-refractivity contribution in [3.63, 3.8) is 0 Å². The summed E-state index contributed by atoms with van der Waals surface area (Å²) in [4.78, 5) is 33.8. The number of aromatic nitrogens is 5. The van der Waals surface area contributed by atoms with Crippen molar-refractivity contribution in [1.29, 1.82) is 0 Å². The third kappa shape index (κ3) is 3.17. The fourth-order valence-electron chi connectivity index (χ4n) is 3.53. The highest BCUT2D eigenvalue weighted by atomic mass is 16.2. The number of piperidine rings is 1. The largest absolute Gasteiger partial charge is 0.342 e. The second-order valence-corrected chi connectivity index (χ2v) is 7.62. The van der Waals surface area contributed by atoms with E-state index in [1.165, 1.54) is 0 Å². The van der Waals surface area contributed by atoms with Gasteiger partial charge in [-0.15, -0.1) is 5.10 Å². The molecule has 0 unspecified atom stereocenters. The van der Waals surface area contributed by atoms with Crippen molar-refractivity contribution >= 4 is 17.1 Å². The van der Waals surface area contributed by atoms with Gasteiger partial charge >= 0.3 is 0 Å². The maximum absolute atomic E-state index is 12.3. The molecular weight excluding hydrogens is 320 g/mol. The van der Waals surface area contributed by atoms with Gasteiger partial charge in [0.15, 0.2) is 11.2 Å². The van der Waals surface area contributed by atoms with Gasteiger partial charge in [-0.05, 0) is 31.6 Å². The van der Waals surface area contributed by atoms with E-state index in [1.54, 1.807) is 4.68 Å². The van der Waals surface area contributed by atoms with Crippen LogP contribution < -0.4 is 5.56 Å². The number of H-pyrrole nitrogens is 1. The fraction of sp³-hybridized carbons (Fsp3) is 0.706. The van der Waals surface area contributed by atoms with Crippen molar-refractivity contribution in [2.24, 2.45) is 11.8 Å². The van der Waals surface area contributed by atoms with E-state index < -0.39 is 0 Å². The molecule has 25 heavy (non-hydrogen) atoms. The molecule has 1 atom stereocenters. The zero-order valence-electron chi connectivity index (χ0n) is 14.7. The lowest BCUT2D eigenvalue weighted by atomic mass is 9.97. The van der Waals surface area contributed by atoms with Crippen molar-refractivity contribution in [1.82, 2.24) is 29.9 Å². The maximum atomic E-state index is 12.3. The van der Waals surface area contributed by atoms with Crippen molar-refractivity contribution in [3.8, 4) is 0 Å². The number of rotatable bonds is 4. The van der Waals surface area contributed by atoms with E-state index in [2.05, 4.69) is 20.3 Å². The van der Waals surface area contributed by atoms with Crippen LogP contribution in [-0.2, 0) is 11.3 Å². The summed E-state index contributed by atoms with van der Waals surface area (Å²) in [5.74, 6) is 1.67. The summed E-state index contributed by atoms with van der Waals surface area (Å²) in [6.07, 6.45) is 4.15. The summed E-state index contributed by atoms with van der Waals surface area (Å²) in [5.41, 5.74) is 0.582. The van der Waals surface area contributed by atoms with Gasteiger partial charge in [-0.1, -0.05) is 19.1 Å². The number of hydrogen-bond donors (Lipinski definition) is 1. The van der Waals surface area contributed by atoms with Crippen LogP contribution in [0.25, 0.3) is 11.2 Å². The lowest BCUT2D eigenvalue weighted by molar-refractivity contribution is -0.134. The SMILES string of the molecule is CC(C)c1nc2c(nnn2C[C@@H]2CCCN(C(=O)C3CC3)C2)c(=O)[nH]1. The molecule has 1 amide bonds. The van der Waals surface area contributed by atoms with Gasteiger partial charge in [0, 0.05) is 31.5 Å². The zero-order chi connectivity index (χ0) is 17.6. The first-order valence-corrected chi connectivity index (χ1v) is 9.15. The van der Waals surface area contributed by atoms with Gasteiger partial charge in [0.05, 0.1) is 0 Å². The average molecular weight is 344 g/mol. The van der Waals surface area contributed by atoms with E-state index in [0.717, 1.165) is 38.8 Å². The number of carbonyl (C=O) groups excluding carboxylic acids is 1. The first kappa shape index (κ1) is 16.2. The Morgan fingerprint density at radius 1 is 1.32 bits per heavy atom. The summed E-state index contributed by atoms with van der Waals surface area (Å²) in [7, 11) is 0. The standard InChI is InChI=1S/C17H24N6O2/c1-10(2)14-18-15-13(16(24)19-14)20-21-23(15)9-11-4-3-7-22(8-11)17(25)12-5-6-12/h10-12H,3-9H2,1-2H3,(H,18,19,24)/t11-/m1/s1. The van der Waals surface area contributed by atoms with Gasteiger partial charge < -0.3 is 9.88 Å². The molecule has 1 aliphatic heterocycles. The van der Waals surface area contributed by atoms with Crippen LogP contribution in [0.4, 0.5) is 0 Å². The Morgan fingerprint density at radius 3 is 2.84 bits per heavy atom. The van der Waals surface area contributed by atoms with E-state index in [1.807, 2.05) is 18.7 Å². The minimum Gasteiger partial charge on any atom is -0.342 e. The van der Waals surface area contributed by atoms with E-state index in [0.29, 0.717) is 29.8 Å². The molecule has 4 rings (SSSR count). The predicted octanol–water partition coefficient (Wildman–Crippen LogP) is 1.29. The third-order valence-electron chi connectivity index (χ3n) is 5.13. The van der Waals surface area contributed by atoms with Gasteiger partial charge in [0.25, 0.3) is 5.56 Å². The highest BCUT2D eigenvalue weighted by Gasteiger charge is 2.35. The topological polar surface area (TPSA) is 96.8 Å². The molecule has 1 saturated heterocycles. The smallest absolute Gasteiger partial charge is 0.281 e. The summed E-state index contributed by atoms with van der Waals surface area (Å²) >= 11 is 0. The van der Waals surface area contributed by atoms with Crippen molar-refractivity contribution in [2.45, 2.75) is 52.0 Å². The van der Waals surface area contributed by atoms with Crippen LogP contribution >= 0.6 is 0 Å². The lowest BCUT2D eigenvalue weighted by Gasteiger charge is -2.32. The average Bonchev–Trinajstić information content (AvgIpc) is 3.37. The van der Waals surface area contributed by atoms with Gasteiger partial charge in [0.2, 0.25) is 5.91 Å². The van der Waals surface area contributed by atoms with Gasteiger partial charge in [-0.25, -0.2) is 9.67 Å². The van der Waals surface area contributed by atoms with E-state index in [4.69, 9.17) is 0 Å². The number of carbonyl (C=O) groups is 1. The molecule has 8 nitrogen and oxygen atoms in total. The second kappa shape index (κ2) is 6.24. The molecule has 0 bridgehead atoms. The minimum absolute atomic E-state index is 0.127. The van der Waals surface area contributed by atoms with Crippen LogP contribution in [0.5, 0.6) is 0 Å². The van der Waals surface area contributed by atoms with Crippen molar-refractivity contribution in [3.05, 3.63) is 16.2 Å². The molecule has 2 aliphatic rings. The molecule has 2 fully saturated rings. The Hall–Kier alpha value is -2.25. The molecule has 2 aromatic heterocycles. The Balaban J connectivity index is 1.55. The third-order valence-corrected chi connectivity index (χ3v) is 5.13. The lowest BCUT2D eigenvalue weighted by Crippen LogP contribution is -2.42. The van der Waals surface area contributed by atoms with Crippen molar-refractivity contribution in [2.75, 3.05) is 13.1 Å². The minimum atomic E-state index is -0.242. The highest BCUT2D eigenvalue weighted by molar-refractivity contribution is 5.81. The second-order valence-electron chi connectivity index (χ2n) is 7.62. The van der Waals surface area contributed by atoms with Crippen LogP contribution in [-0.4, -0.2) is 48.9 Å². The molecule has 1 aliphatic carbocycles. The number of hydrogen-bond acceptors (Lipinski definition) is 5. The summed E-state index contributed by atoms with van der Waals surface area (Å²) < 4.78 is 1.73. The quantitative estimate of drug-likeness (QED) is 0.901. The Labute approximate surface area is 145 Å². The summed E-state index contributed by atoms with van der Waals surface area (Å²) in [6, 6.07) is 0. The molecule has 8 heteroatoms. The van der Waals surface area contributed by atoms with E-state index in [9.17, 15) is 9.59 Å². The molecule has 2 aromatic rings. The van der Waals surface area contributed by atoms with Crippen LogP contribution in [0.1, 0.15) is 51.3 Å². The molecule has 1 saturated carbocycles. The van der Waals surface area contributed by atoms with Gasteiger partial charge in [0.1, 0.15) is 5.82 Å². The van der Waals surface area contributed by atoms with Gasteiger partial charge in [-0.2, -0.15) is 0 Å². The Kier molecular flexibility index (Phi) is 4.05. The summed E-state index contributed by atoms with van der Waals surface area (Å²) in [6.45, 7) is 6.23. The number of fused-ring (bicyclic) bond motifs is 1. The number of nitrogens with zero attached hydrogens (tertiary/aromatic N) is 5. The van der Waals surface area contributed by atoms with Crippen molar-refractivity contribution < 1.29 is 4.79 Å². The number of amides is 1. The number of aromatic amines is 1. The normalized spacial score (nSPS) is 21.2. The predicted molar refractivity (Wildman–Crippen MR) is 92.1 cm³/mol. The summed E-state index contributed by atoms with van der Waals surface area (Å²) in [5, 5.41) is 8.15. The molecule has 1 N–H and O–H groups in total. The van der Waals surface area contributed by atoms with Crippen LogP contribution in [0.3, 0.4) is 0 Å². The van der Waals surface area contributed by atoms with Gasteiger partial charge in [-0.3, -0.25) is 9.59 Å². The molecule has 3 heterocycles. The van der Waals surface area contributed by atoms with Crippen LogP contribution in [0, 0.1) is 11.8 Å². The molecule has 0 radical (unpaired) electrons. The first-order valence-electron chi connectivity index (χ1n) is 9.15. The van der Waals surface area contributed by atoms with E-state index in [-0.39, 0.29) is 22.9 Å².